The van der Waals surface area contributed by atoms with E-state index in [1.807, 2.05) is 47.9 Å². The van der Waals surface area contributed by atoms with E-state index in [1.54, 1.807) is 18.0 Å². The molecule has 1 aromatic carbocycles. The van der Waals surface area contributed by atoms with Gasteiger partial charge in [-0.2, -0.15) is 0 Å². The van der Waals surface area contributed by atoms with Crippen molar-refractivity contribution in [2.45, 2.75) is 31.3 Å². The van der Waals surface area contributed by atoms with E-state index in [1.165, 1.54) is 5.56 Å². The average molecular weight is 417 g/mol. The monoisotopic (exact) mass is 416 g/mol. The SMILES string of the molecule is Cc1cc(C)n2cc(CSc3nnc(-c4ccco4)n3Cc3ccccc3)nc2n1. The van der Waals surface area contributed by atoms with E-state index in [4.69, 9.17) is 4.42 Å². The van der Waals surface area contributed by atoms with Crippen LogP contribution >= 0.6 is 11.8 Å². The molecule has 0 unspecified atom stereocenters. The van der Waals surface area contributed by atoms with Crippen LogP contribution < -0.4 is 0 Å². The Morgan fingerprint density at radius 3 is 2.67 bits per heavy atom. The summed E-state index contributed by atoms with van der Waals surface area (Å²) in [4.78, 5) is 9.20. The summed E-state index contributed by atoms with van der Waals surface area (Å²) >= 11 is 1.61. The van der Waals surface area contributed by atoms with Crippen LogP contribution in [0.25, 0.3) is 17.4 Å². The number of thioether (sulfide) groups is 1. The number of furan rings is 1. The Labute approximate surface area is 177 Å². The van der Waals surface area contributed by atoms with E-state index in [0.29, 0.717) is 18.1 Å². The summed E-state index contributed by atoms with van der Waals surface area (Å²) in [5, 5.41) is 9.65. The highest BCUT2D eigenvalue weighted by atomic mass is 32.2. The van der Waals surface area contributed by atoms with Crippen LogP contribution in [0.1, 0.15) is 22.6 Å². The van der Waals surface area contributed by atoms with Gasteiger partial charge in [0.2, 0.25) is 11.6 Å². The Morgan fingerprint density at radius 1 is 1.00 bits per heavy atom. The van der Waals surface area contributed by atoms with Gasteiger partial charge in [-0.1, -0.05) is 42.1 Å². The van der Waals surface area contributed by atoms with Gasteiger partial charge in [0.1, 0.15) is 0 Å². The van der Waals surface area contributed by atoms with Crippen molar-refractivity contribution in [2.24, 2.45) is 0 Å². The molecule has 0 saturated carbocycles. The molecule has 150 valence electrons. The van der Waals surface area contributed by atoms with Crippen LogP contribution in [0.2, 0.25) is 0 Å². The number of hydrogen-bond acceptors (Lipinski definition) is 6. The zero-order chi connectivity index (χ0) is 20.5. The van der Waals surface area contributed by atoms with E-state index in [2.05, 4.69) is 49.9 Å². The fourth-order valence-corrected chi connectivity index (χ4v) is 4.24. The first-order chi connectivity index (χ1) is 14.7. The van der Waals surface area contributed by atoms with Gasteiger partial charge in [-0.25, -0.2) is 9.97 Å². The van der Waals surface area contributed by atoms with Crippen molar-refractivity contribution in [2.75, 3.05) is 0 Å². The van der Waals surface area contributed by atoms with Crippen LogP contribution in [0.5, 0.6) is 0 Å². The number of hydrogen-bond donors (Lipinski definition) is 0. The van der Waals surface area contributed by atoms with E-state index in [9.17, 15) is 0 Å². The first-order valence-electron chi connectivity index (χ1n) is 9.63. The lowest BCUT2D eigenvalue weighted by Gasteiger charge is -2.09. The van der Waals surface area contributed by atoms with Crippen molar-refractivity contribution in [1.82, 2.24) is 29.1 Å². The predicted octanol–water partition coefficient (Wildman–Crippen LogP) is 4.54. The van der Waals surface area contributed by atoms with Crippen LogP contribution in [0.4, 0.5) is 0 Å². The van der Waals surface area contributed by atoms with Gasteiger partial charge < -0.3 is 4.42 Å². The molecule has 7 nitrogen and oxygen atoms in total. The standard InChI is InChI=1S/C22H20N6OS/c1-15-11-16(2)27-13-18(24-21(27)23-15)14-30-22-26-25-20(19-9-6-10-29-19)28(22)12-17-7-4-3-5-8-17/h3-11,13H,12,14H2,1-2H3. The molecule has 0 atom stereocenters. The molecule has 0 N–H and O–H groups in total. The van der Waals surface area contributed by atoms with Crippen LogP contribution in [-0.4, -0.2) is 29.1 Å². The minimum Gasteiger partial charge on any atom is -0.461 e. The van der Waals surface area contributed by atoms with Crippen LogP contribution in [-0.2, 0) is 12.3 Å². The summed E-state index contributed by atoms with van der Waals surface area (Å²) in [7, 11) is 0. The summed E-state index contributed by atoms with van der Waals surface area (Å²) in [5.74, 6) is 2.82. The third-order valence-electron chi connectivity index (χ3n) is 4.80. The molecule has 8 heteroatoms. The lowest BCUT2D eigenvalue weighted by molar-refractivity contribution is 0.569. The molecule has 0 aliphatic rings. The first kappa shape index (κ1) is 18.6. The van der Waals surface area contributed by atoms with Gasteiger partial charge in [-0.05, 0) is 37.6 Å². The Morgan fingerprint density at radius 2 is 1.87 bits per heavy atom. The molecular weight excluding hydrogens is 396 g/mol. The second-order valence-corrected chi connectivity index (χ2v) is 8.03. The Bertz CT molecular complexity index is 1290. The van der Waals surface area contributed by atoms with Gasteiger partial charge >= 0.3 is 0 Å². The maximum absolute atomic E-state index is 5.58. The number of fused-ring (bicyclic) bond motifs is 1. The largest absolute Gasteiger partial charge is 0.461 e. The lowest BCUT2D eigenvalue weighted by Crippen LogP contribution is -2.04. The van der Waals surface area contributed by atoms with Gasteiger partial charge in [0, 0.05) is 23.3 Å². The van der Waals surface area contributed by atoms with E-state index in [-0.39, 0.29) is 0 Å². The maximum atomic E-state index is 5.58. The molecule has 5 aromatic rings. The van der Waals surface area contributed by atoms with Crippen molar-refractivity contribution >= 4 is 17.5 Å². The minimum absolute atomic E-state index is 0.664. The fraction of sp³-hybridized carbons (Fsp3) is 0.182. The third-order valence-corrected chi connectivity index (χ3v) is 5.80. The number of rotatable bonds is 6. The predicted molar refractivity (Wildman–Crippen MR) is 115 cm³/mol. The summed E-state index contributed by atoms with van der Waals surface area (Å²) < 4.78 is 9.69. The summed E-state index contributed by atoms with van der Waals surface area (Å²) in [6.07, 6.45) is 3.69. The number of aryl methyl sites for hydroxylation is 2. The van der Waals surface area contributed by atoms with Crippen molar-refractivity contribution in [3.63, 3.8) is 0 Å². The second kappa shape index (κ2) is 7.79. The Balaban J connectivity index is 1.45. The van der Waals surface area contributed by atoms with E-state index < -0.39 is 0 Å². The Kier molecular flexibility index (Phi) is 4.84. The highest BCUT2D eigenvalue weighted by molar-refractivity contribution is 7.98. The summed E-state index contributed by atoms with van der Waals surface area (Å²) in [6.45, 7) is 4.71. The molecule has 30 heavy (non-hydrogen) atoms. The molecule has 0 fully saturated rings. The van der Waals surface area contributed by atoms with Gasteiger partial charge in [-0.15, -0.1) is 10.2 Å². The minimum atomic E-state index is 0.664. The van der Waals surface area contributed by atoms with Crippen molar-refractivity contribution in [3.05, 3.63) is 83.6 Å². The van der Waals surface area contributed by atoms with Gasteiger partial charge in [0.25, 0.3) is 0 Å². The highest BCUT2D eigenvalue weighted by Gasteiger charge is 2.17. The average Bonchev–Trinajstić information content (AvgIpc) is 3.47. The lowest BCUT2D eigenvalue weighted by atomic mass is 10.2. The fourth-order valence-electron chi connectivity index (χ4n) is 3.42. The molecule has 4 aromatic heterocycles. The normalized spacial score (nSPS) is 11.4. The molecule has 5 rings (SSSR count). The molecule has 0 radical (unpaired) electrons. The number of aromatic nitrogens is 6. The third kappa shape index (κ3) is 3.61. The summed E-state index contributed by atoms with van der Waals surface area (Å²) in [6, 6.07) is 16.1. The molecule has 0 spiro atoms. The topological polar surface area (TPSA) is 74.0 Å². The Hall–Kier alpha value is -3.39. The molecule has 0 aliphatic heterocycles. The zero-order valence-corrected chi connectivity index (χ0v) is 17.5. The number of benzene rings is 1. The second-order valence-electron chi connectivity index (χ2n) is 7.09. The smallest absolute Gasteiger partial charge is 0.234 e. The molecule has 4 heterocycles. The van der Waals surface area contributed by atoms with E-state index >= 15 is 0 Å². The molecule has 0 bridgehead atoms. The van der Waals surface area contributed by atoms with Gasteiger partial charge in [0.15, 0.2) is 10.9 Å². The summed E-state index contributed by atoms with van der Waals surface area (Å²) in [5.41, 5.74) is 4.22. The zero-order valence-electron chi connectivity index (χ0n) is 16.7. The van der Waals surface area contributed by atoms with Gasteiger partial charge in [-0.3, -0.25) is 8.97 Å². The quantitative estimate of drug-likeness (QED) is 0.378. The van der Waals surface area contributed by atoms with Gasteiger partial charge in [0.05, 0.1) is 18.5 Å². The van der Waals surface area contributed by atoms with Crippen LogP contribution in [0.15, 0.2) is 70.6 Å². The first-order valence-corrected chi connectivity index (χ1v) is 10.6. The number of imidazole rings is 1. The molecule has 0 amide bonds. The van der Waals surface area contributed by atoms with Crippen LogP contribution in [0, 0.1) is 13.8 Å². The van der Waals surface area contributed by atoms with Crippen LogP contribution in [0.3, 0.4) is 0 Å². The molecular formula is C22H20N6OS. The highest BCUT2D eigenvalue weighted by Crippen LogP contribution is 2.27. The van der Waals surface area contributed by atoms with E-state index in [0.717, 1.165) is 33.8 Å². The maximum Gasteiger partial charge on any atom is 0.234 e. The van der Waals surface area contributed by atoms with Crippen molar-refractivity contribution < 1.29 is 4.42 Å². The molecule has 0 aliphatic carbocycles. The molecule has 0 saturated heterocycles. The van der Waals surface area contributed by atoms with Crippen molar-refractivity contribution in [3.8, 4) is 11.6 Å². The van der Waals surface area contributed by atoms with Crippen molar-refractivity contribution in [1.29, 1.82) is 0 Å². The number of nitrogens with zero attached hydrogens (tertiary/aromatic N) is 6.